The first-order valence-electron chi connectivity index (χ1n) is 5.74. The summed E-state index contributed by atoms with van der Waals surface area (Å²) in [5, 5.41) is 12.7. The molecule has 0 spiro atoms. The lowest BCUT2D eigenvalue weighted by atomic mass is 10.1. The van der Waals surface area contributed by atoms with Crippen LogP contribution < -0.4 is 10.6 Å². The Morgan fingerprint density at radius 2 is 1.65 bits per heavy atom. The van der Waals surface area contributed by atoms with Crippen LogP contribution in [0.15, 0.2) is 48.8 Å². The van der Waals surface area contributed by atoms with Crippen molar-refractivity contribution in [3.8, 4) is 0 Å². The Bertz CT molecular complexity index is 562. The van der Waals surface area contributed by atoms with Crippen LogP contribution in [0.4, 0.5) is 10.1 Å². The molecule has 1 aromatic rings. The molecule has 0 saturated heterocycles. The third-order valence-electron chi connectivity index (χ3n) is 2.22. The number of ketones is 2. The van der Waals surface area contributed by atoms with Crippen molar-refractivity contribution in [2.75, 3.05) is 12.4 Å². The predicted molar refractivity (Wildman–Crippen MR) is 75.1 cm³/mol. The highest BCUT2D eigenvalue weighted by Crippen LogP contribution is 2.07. The summed E-state index contributed by atoms with van der Waals surface area (Å²) in [7, 11) is 1.60. The molecule has 1 rings (SSSR count). The summed E-state index contributed by atoms with van der Waals surface area (Å²) < 4.78 is 12.7. The number of anilines is 1. The van der Waals surface area contributed by atoms with Gasteiger partial charge in [-0.05, 0) is 24.3 Å². The molecule has 0 atom stereocenters. The predicted octanol–water partition coefficient (Wildman–Crippen LogP) is 1.64. The van der Waals surface area contributed by atoms with Crippen molar-refractivity contribution in [3.05, 3.63) is 54.6 Å². The second kappa shape index (κ2) is 7.63. The van der Waals surface area contributed by atoms with E-state index in [0.717, 1.165) is 12.2 Å². The molecule has 0 aliphatic rings. The molecule has 0 fully saturated rings. The van der Waals surface area contributed by atoms with Crippen LogP contribution >= 0.6 is 0 Å². The Balaban J connectivity index is 2.55. The van der Waals surface area contributed by atoms with Gasteiger partial charge in [0, 0.05) is 37.3 Å². The van der Waals surface area contributed by atoms with E-state index in [1.165, 1.54) is 36.7 Å². The number of allylic oxidation sites excluding steroid dienone is 2. The third kappa shape index (κ3) is 4.85. The topological polar surface area (TPSA) is 82.1 Å². The molecule has 6 heteroatoms. The van der Waals surface area contributed by atoms with Gasteiger partial charge in [0.25, 0.3) is 0 Å². The van der Waals surface area contributed by atoms with Crippen LogP contribution in [-0.4, -0.2) is 24.3 Å². The van der Waals surface area contributed by atoms with Crippen molar-refractivity contribution in [3.63, 3.8) is 0 Å². The van der Waals surface area contributed by atoms with Crippen LogP contribution in [0.3, 0.4) is 0 Å². The number of carbonyl (C=O) groups is 2. The second-order valence-corrected chi connectivity index (χ2v) is 3.71. The van der Waals surface area contributed by atoms with Crippen molar-refractivity contribution >= 4 is 23.0 Å². The summed E-state index contributed by atoms with van der Waals surface area (Å²) >= 11 is 0. The van der Waals surface area contributed by atoms with Crippen LogP contribution in [0.1, 0.15) is 0 Å². The average Bonchev–Trinajstić information content (AvgIpc) is 2.45. The maximum absolute atomic E-state index is 12.7. The van der Waals surface area contributed by atoms with Gasteiger partial charge in [0.05, 0.1) is 0 Å². The first kappa shape index (κ1) is 15.3. The van der Waals surface area contributed by atoms with Gasteiger partial charge in [0.15, 0.2) is 0 Å². The standard InChI is InChI=1S/C14H14FN3O2/c1-17-8-6-12(19)14(16)13(20)7-9-18-11-4-2-10(15)3-5-11/h2-9,16-18H,1H3. The molecule has 0 unspecified atom stereocenters. The van der Waals surface area contributed by atoms with Crippen LogP contribution in [-0.2, 0) is 9.59 Å². The normalized spacial score (nSPS) is 10.7. The second-order valence-electron chi connectivity index (χ2n) is 3.71. The summed E-state index contributed by atoms with van der Waals surface area (Å²) in [5.41, 5.74) is -0.0444. The molecule has 0 aliphatic carbocycles. The number of halogens is 1. The van der Waals surface area contributed by atoms with E-state index in [9.17, 15) is 14.0 Å². The number of hydrogen-bond acceptors (Lipinski definition) is 5. The molecule has 0 aromatic heterocycles. The molecule has 104 valence electrons. The van der Waals surface area contributed by atoms with Gasteiger partial charge in [0.1, 0.15) is 11.5 Å². The van der Waals surface area contributed by atoms with E-state index in [1.807, 2.05) is 0 Å². The van der Waals surface area contributed by atoms with Gasteiger partial charge >= 0.3 is 0 Å². The van der Waals surface area contributed by atoms with Crippen molar-refractivity contribution in [1.29, 1.82) is 5.41 Å². The largest absolute Gasteiger partial charge is 0.394 e. The quantitative estimate of drug-likeness (QED) is 0.401. The summed E-state index contributed by atoms with van der Waals surface area (Å²) in [4.78, 5) is 22.9. The van der Waals surface area contributed by atoms with E-state index in [0.29, 0.717) is 5.69 Å². The number of rotatable bonds is 7. The molecule has 1 aromatic carbocycles. The van der Waals surface area contributed by atoms with Crippen molar-refractivity contribution in [2.24, 2.45) is 0 Å². The van der Waals surface area contributed by atoms with E-state index in [1.54, 1.807) is 7.05 Å². The molecule has 20 heavy (non-hydrogen) atoms. The Kier molecular flexibility index (Phi) is 5.83. The number of benzene rings is 1. The van der Waals surface area contributed by atoms with Crippen LogP contribution in [0.2, 0.25) is 0 Å². The van der Waals surface area contributed by atoms with E-state index in [-0.39, 0.29) is 5.82 Å². The zero-order valence-electron chi connectivity index (χ0n) is 10.8. The highest BCUT2D eigenvalue weighted by atomic mass is 19.1. The van der Waals surface area contributed by atoms with Crippen LogP contribution in [0.25, 0.3) is 0 Å². The lowest BCUT2D eigenvalue weighted by molar-refractivity contribution is -0.112. The van der Waals surface area contributed by atoms with Gasteiger partial charge in [-0.25, -0.2) is 4.39 Å². The monoisotopic (exact) mass is 275 g/mol. The molecular formula is C14H14FN3O2. The minimum absolute atomic E-state index is 0.362. The van der Waals surface area contributed by atoms with Crippen molar-refractivity contribution in [1.82, 2.24) is 5.32 Å². The summed E-state index contributed by atoms with van der Waals surface area (Å²) in [6.45, 7) is 0. The fourth-order valence-corrected chi connectivity index (χ4v) is 1.21. The van der Waals surface area contributed by atoms with Gasteiger partial charge in [-0.3, -0.25) is 15.0 Å². The zero-order chi connectivity index (χ0) is 15.0. The number of nitrogens with one attached hydrogen (secondary N) is 3. The molecule has 0 radical (unpaired) electrons. The van der Waals surface area contributed by atoms with Gasteiger partial charge in [-0.1, -0.05) is 0 Å². The smallest absolute Gasteiger partial charge is 0.208 e. The molecule has 0 heterocycles. The molecule has 3 N–H and O–H groups in total. The highest BCUT2D eigenvalue weighted by molar-refractivity contribution is 6.69. The Morgan fingerprint density at radius 1 is 1.10 bits per heavy atom. The Hall–Kier alpha value is -2.76. The average molecular weight is 275 g/mol. The first-order valence-corrected chi connectivity index (χ1v) is 5.74. The van der Waals surface area contributed by atoms with E-state index < -0.39 is 17.3 Å². The first-order chi connectivity index (χ1) is 9.54. The SMILES string of the molecule is CNC=CC(=O)C(=N)C(=O)C=CNc1ccc(F)cc1. The third-order valence-corrected chi connectivity index (χ3v) is 2.22. The van der Waals surface area contributed by atoms with Crippen LogP contribution in [0.5, 0.6) is 0 Å². The van der Waals surface area contributed by atoms with Crippen molar-refractivity contribution in [2.45, 2.75) is 0 Å². The Morgan fingerprint density at radius 3 is 2.20 bits per heavy atom. The van der Waals surface area contributed by atoms with E-state index in [4.69, 9.17) is 5.41 Å². The maximum atomic E-state index is 12.7. The van der Waals surface area contributed by atoms with Gasteiger partial charge in [0.2, 0.25) is 11.6 Å². The fourth-order valence-electron chi connectivity index (χ4n) is 1.21. The lowest BCUT2D eigenvalue weighted by Gasteiger charge is -1.99. The van der Waals surface area contributed by atoms with Gasteiger partial charge in [-0.2, -0.15) is 0 Å². The van der Waals surface area contributed by atoms with E-state index >= 15 is 0 Å². The fraction of sp³-hybridized carbons (Fsp3) is 0.0714. The van der Waals surface area contributed by atoms with Crippen molar-refractivity contribution < 1.29 is 14.0 Å². The molecule has 0 amide bonds. The number of carbonyl (C=O) groups excluding carboxylic acids is 2. The van der Waals surface area contributed by atoms with Gasteiger partial charge < -0.3 is 10.6 Å². The van der Waals surface area contributed by atoms with Gasteiger partial charge in [-0.15, -0.1) is 0 Å². The summed E-state index contributed by atoms with van der Waals surface area (Å²) in [5.74, 6) is -1.76. The lowest BCUT2D eigenvalue weighted by Crippen LogP contribution is -2.20. The molecule has 0 bridgehead atoms. The maximum Gasteiger partial charge on any atom is 0.208 e. The van der Waals surface area contributed by atoms with Crippen LogP contribution in [0, 0.1) is 11.2 Å². The number of hydrogen-bond donors (Lipinski definition) is 3. The molecule has 0 aliphatic heterocycles. The summed E-state index contributed by atoms with van der Waals surface area (Å²) in [6.07, 6.45) is 4.79. The minimum Gasteiger partial charge on any atom is -0.394 e. The highest BCUT2D eigenvalue weighted by Gasteiger charge is 2.12. The molecule has 0 saturated carbocycles. The molecule has 5 nitrogen and oxygen atoms in total. The van der Waals surface area contributed by atoms with E-state index in [2.05, 4.69) is 10.6 Å². The Labute approximate surface area is 115 Å². The minimum atomic E-state index is -0.717. The summed E-state index contributed by atoms with van der Waals surface area (Å²) in [6, 6.07) is 5.53. The zero-order valence-corrected chi connectivity index (χ0v) is 10.8. The molecular weight excluding hydrogens is 261 g/mol.